The van der Waals surface area contributed by atoms with Gasteiger partial charge in [-0.25, -0.2) is 4.79 Å². The molecule has 0 saturated carbocycles. The summed E-state index contributed by atoms with van der Waals surface area (Å²) >= 11 is 0. The Morgan fingerprint density at radius 2 is 2.38 bits per heavy atom. The first-order valence-corrected chi connectivity index (χ1v) is 4.37. The number of rotatable bonds is 0. The highest BCUT2D eigenvalue weighted by molar-refractivity contribution is 8.78. The van der Waals surface area contributed by atoms with Crippen molar-refractivity contribution >= 4 is 27.5 Å². The van der Waals surface area contributed by atoms with E-state index in [2.05, 4.69) is 18.1 Å². The van der Waals surface area contributed by atoms with E-state index < -0.39 is 0 Å². The lowest BCUT2D eigenvalue weighted by Crippen LogP contribution is -1.46. The fraction of sp³-hybridized carbons (Fsp3) is 0.200. The van der Waals surface area contributed by atoms with Crippen molar-refractivity contribution in [2.24, 2.45) is 0 Å². The lowest BCUT2D eigenvalue weighted by molar-refractivity contribution is 0.569. The van der Waals surface area contributed by atoms with Gasteiger partial charge in [0.1, 0.15) is 5.94 Å². The van der Waals surface area contributed by atoms with Crippen molar-refractivity contribution in [1.29, 1.82) is 0 Å². The van der Waals surface area contributed by atoms with Crippen LogP contribution < -0.4 is 0 Å². The Hall–Kier alpha value is -0.110. The van der Waals surface area contributed by atoms with Crippen molar-refractivity contribution in [3.05, 3.63) is 18.1 Å². The standard InChI is InChI=1S/C3H4S2.C2H2O/c1-2-4-5-3-1;1-2-3/h1-2H,3H2;1H2. The van der Waals surface area contributed by atoms with Crippen LogP contribution in [0.5, 0.6) is 0 Å². The number of hydrogen-bond acceptors (Lipinski definition) is 3. The zero-order valence-electron chi connectivity index (χ0n) is 4.29. The Bertz CT molecular complexity index is 97.0. The van der Waals surface area contributed by atoms with Crippen LogP contribution in [-0.4, -0.2) is 11.7 Å². The van der Waals surface area contributed by atoms with Crippen molar-refractivity contribution in [3.8, 4) is 0 Å². The van der Waals surface area contributed by atoms with E-state index >= 15 is 0 Å². The van der Waals surface area contributed by atoms with Gasteiger partial charge in [-0.05, 0) is 12.0 Å². The molecule has 0 unspecified atom stereocenters. The molecule has 44 valence electrons. The number of hydrogen-bond donors (Lipinski definition) is 0. The van der Waals surface area contributed by atoms with Crippen LogP contribution in [0.2, 0.25) is 0 Å². The van der Waals surface area contributed by atoms with Gasteiger partial charge in [-0.15, -0.1) is 0 Å². The SMILES string of the molecule is C1=CSSC1.C=C=O. The summed E-state index contributed by atoms with van der Waals surface area (Å²) in [6.45, 7) is 2.68. The van der Waals surface area contributed by atoms with Gasteiger partial charge in [0, 0.05) is 5.75 Å². The summed E-state index contributed by atoms with van der Waals surface area (Å²) in [5.74, 6) is 2.45. The highest BCUT2D eigenvalue weighted by Gasteiger charge is 1.85. The van der Waals surface area contributed by atoms with E-state index in [-0.39, 0.29) is 0 Å². The molecule has 8 heavy (non-hydrogen) atoms. The highest BCUT2D eigenvalue weighted by Crippen LogP contribution is 2.27. The highest BCUT2D eigenvalue weighted by atomic mass is 33.1. The second-order valence-electron chi connectivity index (χ2n) is 0.897. The summed E-state index contributed by atoms with van der Waals surface area (Å²) in [6, 6.07) is 0. The van der Waals surface area contributed by atoms with Crippen LogP contribution in [0.15, 0.2) is 18.1 Å². The number of carbonyl (C=O) groups excluding carboxylic acids is 1. The molecule has 0 aliphatic carbocycles. The minimum atomic E-state index is 1.20. The maximum atomic E-state index is 8.57. The van der Waals surface area contributed by atoms with Gasteiger partial charge < -0.3 is 0 Å². The van der Waals surface area contributed by atoms with Crippen LogP contribution in [0.1, 0.15) is 0 Å². The van der Waals surface area contributed by atoms with E-state index in [1.807, 2.05) is 21.6 Å². The first-order chi connectivity index (χ1) is 3.91. The van der Waals surface area contributed by atoms with Gasteiger partial charge in [-0.1, -0.05) is 27.7 Å². The Balaban J connectivity index is 0.000000145. The quantitative estimate of drug-likeness (QED) is 0.384. The summed E-state index contributed by atoms with van der Waals surface area (Å²) < 4.78 is 0. The predicted molar refractivity (Wildman–Crippen MR) is 40.5 cm³/mol. The zero-order valence-corrected chi connectivity index (χ0v) is 5.93. The van der Waals surface area contributed by atoms with Crippen molar-refractivity contribution < 1.29 is 4.79 Å². The molecule has 0 aromatic rings. The summed E-state index contributed by atoms with van der Waals surface area (Å²) in [5.41, 5.74) is 0. The van der Waals surface area contributed by atoms with E-state index in [0.29, 0.717) is 0 Å². The molecule has 1 aliphatic rings. The molecule has 1 rings (SSSR count). The van der Waals surface area contributed by atoms with Crippen LogP contribution >= 0.6 is 21.6 Å². The molecule has 0 N–H and O–H groups in total. The topological polar surface area (TPSA) is 17.1 Å². The summed E-state index contributed by atoms with van der Waals surface area (Å²) in [5, 5.41) is 2.12. The smallest absolute Gasteiger partial charge is 0.116 e. The molecule has 0 aromatic carbocycles. The Morgan fingerprint density at radius 1 is 1.75 bits per heavy atom. The fourth-order valence-corrected chi connectivity index (χ4v) is 1.77. The summed E-state index contributed by atoms with van der Waals surface area (Å²) in [4.78, 5) is 8.57. The van der Waals surface area contributed by atoms with Crippen molar-refractivity contribution in [2.45, 2.75) is 0 Å². The first-order valence-electron chi connectivity index (χ1n) is 1.99. The van der Waals surface area contributed by atoms with E-state index in [4.69, 9.17) is 4.79 Å². The Morgan fingerprint density at radius 3 is 2.50 bits per heavy atom. The maximum Gasteiger partial charge on any atom is 0.116 e. The monoisotopic (exact) mass is 146 g/mol. The molecule has 3 heteroatoms. The average molecular weight is 146 g/mol. The van der Waals surface area contributed by atoms with Crippen LogP contribution in [0.25, 0.3) is 0 Å². The normalized spacial score (nSPS) is 14.0. The molecular weight excluding hydrogens is 140 g/mol. The van der Waals surface area contributed by atoms with E-state index in [1.54, 1.807) is 0 Å². The van der Waals surface area contributed by atoms with Crippen molar-refractivity contribution in [1.82, 2.24) is 0 Å². The maximum absolute atomic E-state index is 8.57. The largest absolute Gasteiger partial charge is 0.234 e. The molecule has 0 amide bonds. The van der Waals surface area contributed by atoms with E-state index in [9.17, 15) is 0 Å². The summed E-state index contributed by atoms with van der Waals surface area (Å²) in [6.07, 6.45) is 2.16. The first kappa shape index (κ1) is 7.89. The molecule has 0 aromatic heterocycles. The second-order valence-corrected chi connectivity index (χ2v) is 3.21. The third kappa shape index (κ3) is 5.89. The zero-order chi connectivity index (χ0) is 6.24. The van der Waals surface area contributed by atoms with Gasteiger partial charge in [0.05, 0.1) is 0 Å². The molecule has 1 nitrogen and oxygen atoms in total. The van der Waals surface area contributed by atoms with Gasteiger partial charge in [0.2, 0.25) is 0 Å². The van der Waals surface area contributed by atoms with Gasteiger partial charge >= 0.3 is 0 Å². The third-order valence-corrected chi connectivity index (χ3v) is 2.30. The fourth-order valence-electron chi connectivity index (χ4n) is 0.196. The minimum Gasteiger partial charge on any atom is -0.234 e. The molecule has 0 atom stereocenters. The van der Waals surface area contributed by atoms with Crippen LogP contribution in [0.4, 0.5) is 0 Å². The van der Waals surface area contributed by atoms with Gasteiger partial charge in [-0.3, -0.25) is 0 Å². The van der Waals surface area contributed by atoms with Crippen molar-refractivity contribution in [2.75, 3.05) is 5.75 Å². The molecule has 0 spiro atoms. The Kier molecular flexibility index (Phi) is 6.80. The van der Waals surface area contributed by atoms with Crippen molar-refractivity contribution in [3.63, 3.8) is 0 Å². The van der Waals surface area contributed by atoms with E-state index in [0.717, 1.165) is 0 Å². The lowest BCUT2D eigenvalue weighted by atomic mass is 10.8. The second kappa shape index (κ2) is 6.89. The molecule has 0 bridgehead atoms. The predicted octanol–water partition coefficient (Wildman–Crippen LogP) is 1.90. The third-order valence-electron chi connectivity index (χ3n) is 0.384. The van der Waals surface area contributed by atoms with Crippen LogP contribution in [-0.2, 0) is 4.79 Å². The lowest BCUT2D eigenvalue weighted by Gasteiger charge is -1.69. The van der Waals surface area contributed by atoms with Crippen LogP contribution in [0.3, 0.4) is 0 Å². The van der Waals surface area contributed by atoms with Gasteiger partial charge in [0.15, 0.2) is 0 Å². The van der Waals surface area contributed by atoms with E-state index in [1.165, 1.54) is 11.7 Å². The summed E-state index contributed by atoms with van der Waals surface area (Å²) in [7, 11) is 3.69. The molecule has 0 fully saturated rings. The molecule has 0 saturated heterocycles. The van der Waals surface area contributed by atoms with Gasteiger partial charge in [-0.2, -0.15) is 0 Å². The molecule has 1 heterocycles. The molecule has 1 aliphatic heterocycles. The average Bonchev–Trinajstić information content (AvgIpc) is 2.17. The Labute approximate surface area is 56.6 Å². The van der Waals surface area contributed by atoms with Gasteiger partial charge in [0.25, 0.3) is 0 Å². The molecular formula is C5H6OS2. The van der Waals surface area contributed by atoms with Crippen LogP contribution in [0, 0.1) is 0 Å². The molecule has 0 radical (unpaired) electrons. The minimum absolute atomic E-state index is 1.20.